The van der Waals surface area contributed by atoms with Gasteiger partial charge in [-0.15, -0.1) is 0 Å². The molecule has 84 valence electrons. The van der Waals surface area contributed by atoms with Crippen molar-refractivity contribution in [2.45, 2.75) is 39.2 Å². The zero-order chi connectivity index (χ0) is 11.3. The van der Waals surface area contributed by atoms with Crippen molar-refractivity contribution in [3.05, 3.63) is 35.1 Å². The minimum Gasteiger partial charge on any atom is -0.317 e. The average Bonchev–Trinajstić information content (AvgIpc) is 2.22. The van der Waals surface area contributed by atoms with E-state index < -0.39 is 0 Å². The summed E-state index contributed by atoms with van der Waals surface area (Å²) < 4.78 is 13.1. The molecule has 0 aromatic heterocycles. The van der Waals surface area contributed by atoms with Gasteiger partial charge in [0.2, 0.25) is 0 Å². The van der Waals surface area contributed by atoms with Gasteiger partial charge in [-0.05, 0) is 50.1 Å². The predicted molar refractivity (Wildman–Crippen MR) is 62.6 cm³/mol. The number of likely N-dealkylation sites (N-methyl/N-ethyl adjacent to an activating group) is 1. The molecule has 0 aliphatic heterocycles. The largest absolute Gasteiger partial charge is 0.317 e. The molecule has 1 nitrogen and oxygen atoms in total. The maximum Gasteiger partial charge on any atom is 0.123 e. The van der Waals surface area contributed by atoms with Gasteiger partial charge in [0, 0.05) is 6.04 Å². The van der Waals surface area contributed by atoms with Gasteiger partial charge in [0.25, 0.3) is 0 Å². The van der Waals surface area contributed by atoms with Crippen LogP contribution in [0.1, 0.15) is 30.9 Å². The van der Waals surface area contributed by atoms with Crippen LogP contribution >= 0.6 is 0 Å². The molecule has 1 unspecified atom stereocenters. The first-order valence-electron chi connectivity index (χ1n) is 5.59. The summed E-state index contributed by atoms with van der Waals surface area (Å²) in [6.45, 7) is 4.20. The molecular weight excluding hydrogens is 189 g/mol. The van der Waals surface area contributed by atoms with Gasteiger partial charge < -0.3 is 5.32 Å². The first-order chi connectivity index (χ1) is 7.17. The third-order valence-electron chi connectivity index (χ3n) is 2.82. The van der Waals surface area contributed by atoms with Crippen LogP contribution in [0.2, 0.25) is 0 Å². The summed E-state index contributed by atoms with van der Waals surface area (Å²) in [5.74, 6) is -0.137. The van der Waals surface area contributed by atoms with Crippen LogP contribution in [-0.4, -0.2) is 13.1 Å². The predicted octanol–water partition coefficient (Wildman–Crippen LogP) is 3.06. The molecule has 0 fully saturated rings. The second kappa shape index (κ2) is 5.86. The second-order valence-corrected chi connectivity index (χ2v) is 4.05. The molecule has 0 bridgehead atoms. The summed E-state index contributed by atoms with van der Waals surface area (Å²) in [6.07, 6.45) is 3.19. The lowest BCUT2D eigenvalue weighted by Crippen LogP contribution is -2.27. The first kappa shape index (κ1) is 12.2. The SMILES string of the molecule is CCCC(Cc1cc(F)ccc1C)NC. The van der Waals surface area contributed by atoms with E-state index in [1.807, 2.05) is 20.0 Å². The molecule has 1 aromatic carbocycles. The molecule has 0 heterocycles. The summed E-state index contributed by atoms with van der Waals surface area (Å²) >= 11 is 0. The van der Waals surface area contributed by atoms with E-state index in [0.717, 1.165) is 24.8 Å². The van der Waals surface area contributed by atoms with E-state index in [-0.39, 0.29) is 5.82 Å². The van der Waals surface area contributed by atoms with Crippen molar-refractivity contribution in [3.8, 4) is 0 Å². The van der Waals surface area contributed by atoms with Crippen LogP contribution in [0, 0.1) is 12.7 Å². The highest BCUT2D eigenvalue weighted by molar-refractivity contribution is 5.27. The maximum atomic E-state index is 13.1. The van der Waals surface area contributed by atoms with Crippen molar-refractivity contribution < 1.29 is 4.39 Å². The molecular formula is C13H20FN. The Bertz CT molecular complexity index is 309. The minimum atomic E-state index is -0.137. The van der Waals surface area contributed by atoms with Gasteiger partial charge in [0.15, 0.2) is 0 Å². The van der Waals surface area contributed by atoms with Crippen LogP contribution < -0.4 is 5.32 Å². The highest BCUT2D eigenvalue weighted by atomic mass is 19.1. The third-order valence-corrected chi connectivity index (χ3v) is 2.82. The van der Waals surface area contributed by atoms with Crippen molar-refractivity contribution in [2.24, 2.45) is 0 Å². The first-order valence-corrected chi connectivity index (χ1v) is 5.59. The van der Waals surface area contributed by atoms with Gasteiger partial charge in [0.1, 0.15) is 5.82 Å². The topological polar surface area (TPSA) is 12.0 Å². The molecule has 1 rings (SSSR count). The lowest BCUT2D eigenvalue weighted by atomic mass is 9.98. The molecule has 0 saturated heterocycles. The fourth-order valence-corrected chi connectivity index (χ4v) is 1.82. The lowest BCUT2D eigenvalue weighted by Gasteiger charge is -2.16. The minimum absolute atomic E-state index is 0.137. The molecule has 1 atom stereocenters. The number of hydrogen-bond donors (Lipinski definition) is 1. The lowest BCUT2D eigenvalue weighted by molar-refractivity contribution is 0.511. The maximum absolute atomic E-state index is 13.1. The fraction of sp³-hybridized carbons (Fsp3) is 0.538. The van der Waals surface area contributed by atoms with Gasteiger partial charge in [-0.3, -0.25) is 0 Å². The summed E-state index contributed by atoms with van der Waals surface area (Å²) in [5.41, 5.74) is 2.29. The quantitative estimate of drug-likeness (QED) is 0.786. The van der Waals surface area contributed by atoms with Crippen LogP contribution in [0.25, 0.3) is 0 Å². The Morgan fingerprint density at radius 2 is 2.13 bits per heavy atom. The summed E-state index contributed by atoms with van der Waals surface area (Å²) in [4.78, 5) is 0. The molecule has 2 heteroatoms. The molecule has 1 aromatic rings. The molecule has 0 aliphatic carbocycles. The third kappa shape index (κ3) is 3.63. The highest BCUT2D eigenvalue weighted by Crippen LogP contribution is 2.14. The number of halogens is 1. The van der Waals surface area contributed by atoms with Crippen LogP contribution in [0.5, 0.6) is 0 Å². The van der Waals surface area contributed by atoms with Gasteiger partial charge in [-0.1, -0.05) is 19.4 Å². The van der Waals surface area contributed by atoms with Crippen molar-refractivity contribution in [1.29, 1.82) is 0 Å². The molecule has 0 spiro atoms. The number of aryl methyl sites for hydroxylation is 1. The highest BCUT2D eigenvalue weighted by Gasteiger charge is 2.08. The number of hydrogen-bond acceptors (Lipinski definition) is 1. The van der Waals surface area contributed by atoms with Gasteiger partial charge >= 0.3 is 0 Å². The van der Waals surface area contributed by atoms with E-state index in [1.165, 1.54) is 11.6 Å². The Morgan fingerprint density at radius 1 is 1.40 bits per heavy atom. The zero-order valence-corrected chi connectivity index (χ0v) is 9.81. The molecule has 0 amide bonds. The van der Waals surface area contributed by atoms with Gasteiger partial charge in [-0.2, -0.15) is 0 Å². The molecule has 0 saturated carbocycles. The van der Waals surface area contributed by atoms with Gasteiger partial charge in [0.05, 0.1) is 0 Å². The Hall–Kier alpha value is -0.890. The summed E-state index contributed by atoms with van der Waals surface area (Å²) in [7, 11) is 1.97. The Balaban J connectivity index is 2.73. The Morgan fingerprint density at radius 3 is 2.73 bits per heavy atom. The van der Waals surface area contributed by atoms with Crippen molar-refractivity contribution >= 4 is 0 Å². The fourth-order valence-electron chi connectivity index (χ4n) is 1.82. The van der Waals surface area contributed by atoms with Crippen LogP contribution in [0.15, 0.2) is 18.2 Å². The second-order valence-electron chi connectivity index (χ2n) is 4.05. The standard InChI is InChI=1S/C13H20FN/c1-4-5-13(15-3)9-11-8-12(14)7-6-10(11)2/h6-8,13,15H,4-5,9H2,1-3H3. The summed E-state index contributed by atoms with van der Waals surface area (Å²) in [5, 5.41) is 3.28. The van der Waals surface area contributed by atoms with E-state index in [1.54, 1.807) is 6.07 Å². The number of benzene rings is 1. The van der Waals surface area contributed by atoms with E-state index >= 15 is 0 Å². The van der Waals surface area contributed by atoms with Crippen molar-refractivity contribution in [2.75, 3.05) is 7.05 Å². The molecule has 0 radical (unpaired) electrons. The Kier molecular flexibility index (Phi) is 4.76. The van der Waals surface area contributed by atoms with Crippen LogP contribution in [0.3, 0.4) is 0 Å². The van der Waals surface area contributed by atoms with Crippen molar-refractivity contribution in [1.82, 2.24) is 5.32 Å². The smallest absolute Gasteiger partial charge is 0.123 e. The van der Waals surface area contributed by atoms with E-state index in [2.05, 4.69) is 12.2 Å². The van der Waals surface area contributed by atoms with E-state index in [9.17, 15) is 4.39 Å². The molecule has 0 aliphatic rings. The van der Waals surface area contributed by atoms with E-state index in [4.69, 9.17) is 0 Å². The van der Waals surface area contributed by atoms with Crippen LogP contribution in [-0.2, 0) is 6.42 Å². The number of nitrogens with one attached hydrogen (secondary N) is 1. The molecule has 15 heavy (non-hydrogen) atoms. The van der Waals surface area contributed by atoms with Gasteiger partial charge in [-0.25, -0.2) is 4.39 Å². The van der Waals surface area contributed by atoms with Crippen molar-refractivity contribution in [3.63, 3.8) is 0 Å². The Labute approximate surface area is 91.7 Å². The monoisotopic (exact) mass is 209 g/mol. The zero-order valence-electron chi connectivity index (χ0n) is 9.81. The van der Waals surface area contributed by atoms with Crippen LogP contribution in [0.4, 0.5) is 4.39 Å². The number of rotatable bonds is 5. The average molecular weight is 209 g/mol. The molecule has 1 N–H and O–H groups in total. The summed E-state index contributed by atoms with van der Waals surface area (Å²) in [6, 6.07) is 5.47. The van der Waals surface area contributed by atoms with E-state index in [0.29, 0.717) is 6.04 Å². The normalized spacial score (nSPS) is 12.8.